The number of nitrogens with one attached hydrogen (secondary N) is 1. The Morgan fingerprint density at radius 1 is 1.00 bits per heavy atom. The summed E-state index contributed by atoms with van der Waals surface area (Å²) in [5.41, 5.74) is 0.418. The molecule has 0 heterocycles. The van der Waals surface area contributed by atoms with Crippen molar-refractivity contribution in [3.8, 4) is 5.75 Å². The lowest BCUT2D eigenvalue weighted by Crippen LogP contribution is -2.13. The maximum atomic E-state index is 12.4. The summed E-state index contributed by atoms with van der Waals surface area (Å²) in [6, 6.07) is 9.92. The SMILES string of the molecule is COc1cc(NS(=O)(=O)c2cc(Br)ccc2Br)ccc1Br. The zero-order chi connectivity index (χ0) is 15.6. The second-order valence-corrected chi connectivity index (χ2v) is 8.30. The Balaban J connectivity index is 2.40. The number of hydrogen-bond donors (Lipinski definition) is 1. The van der Waals surface area contributed by atoms with Gasteiger partial charge in [-0.25, -0.2) is 8.42 Å². The van der Waals surface area contributed by atoms with Gasteiger partial charge in [0.15, 0.2) is 0 Å². The van der Waals surface area contributed by atoms with Crippen molar-refractivity contribution in [2.24, 2.45) is 0 Å². The van der Waals surface area contributed by atoms with Crippen LogP contribution < -0.4 is 9.46 Å². The fourth-order valence-corrected chi connectivity index (χ4v) is 4.58. The number of benzene rings is 2. The Labute approximate surface area is 148 Å². The molecule has 21 heavy (non-hydrogen) atoms. The zero-order valence-corrected chi connectivity index (χ0v) is 16.3. The minimum atomic E-state index is -3.70. The number of anilines is 1. The molecule has 0 saturated heterocycles. The minimum absolute atomic E-state index is 0.152. The molecule has 8 heteroatoms. The van der Waals surface area contributed by atoms with E-state index >= 15 is 0 Å². The molecule has 0 unspecified atom stereocenters. The topological polar surface area (TPSA) is 55.4 Å². The van der Waals surface area contributed by atoms with Crippen molar-refractivity contribution in [3.63, 3.8) is 0 Å². The number of ether oxygens (including phenoxy) is 1. The van der Waals surface area contributed by atoms with Gasteiger partial charge in [0.05, 0.1) is 17.3 Å². The Hall–Kier alpha value is -0.570. The summed E-state index contributed by atoms with van der Waals surface area (Å²) >= 11 is 9.83. The Bertz CT molecular complexity index is 778. The number of halogens is 3. The van der Waals surface area contributed by atoms with Crippen LogP contribution in [0.25, 0.3) is 0 Å². The van der Waals surface area contributed by atoms with E-state index in [1.807, 2.05) is 0 Å². The summed E-state index contributed by atoms with van der Waals surface area (Å²) in [5.74, 6) is 0.545. The molecule has 0 fully saturated rings. The van der Waals surface area contributed by atoms with Gasteiger partial charge >= 0.3 is 0 Å². The third-order valence-electron chi connectivity index (χ3n) is 2.59. The average Bonchev–Trinajstić information content (AvgIpc) is 2.43. The first kappa shape index (κ1) is 16.8. The second kappa shape index (κ2) is 6.68. The lowest BCUT2D eigenvalue weighted by molar-refractivity contribution is 0.412. The van der Waals surface area contributed by atoms with Gasteiger partial charge in [-0.15, -0.1) is 0 Å². The van der Waals surface area contributed by atoms with Crippen LogP contribution in [-0.2, 0) is 10.0 Å². The van der Waals surface area contributed by atoms with Gasteiger partial charge in [0, 0.05) is 15.0 Å². The smallest absolute Gasteiger partial charge is 0.263 e. The van der Waals surface area contributed by atoms with Crippen molar-refractivity contribution in [2.45, 2.75) is 4.90 Å². The highest BCUT2D eigenvalue weighted by Gasteiger charge is 2.18. The molecule has 112 valence electrons. The maximum absolute atomic E-state index is 12.4. The van der Waals surface area contributed by atoms with E-state index in [0.717, 1.165) is 4.47 Å². The molecule has 1 N–H and O–H groups in total. The molecule has 0 spiro atoms. The molecule has 0 saturated carbocycles. The van der Waals surface area contributed by atoms with E-state index in [9.17, 15) is 8.42 Å². The van der Waals surface area contributed by atoms with Gasteiger partial charge in [-0.05, 0) is 62.2 Å². The average molecular weight is 500 g/mol. The molecule has 0 aliphatic rings. The normalized spacial score (nSPS) is 11.2. The minimum Gasteiger partial charge on any atom is -0.495 e. The predicted octanol–water partition coefficient (Wildman–Crippen LogP) is 4.78. The summed E-state index contributed by atoms with van der Waals surface area (Å²) in [4.78, 5) is 0.152. The molecule has 2 rings (SSSR count). The molecule has 4 nitrogen and oxygen atoms in total. The van der Waals surface area contributed by atoms with Crippen LogP contribution in [0.2, 0.25) is 0 Å². The van der Waals surface area contributed by atoms with Crippen molar-refractivity contribution >= 4 is 63.5 Å². The van der Waals surface area contributed by atoms with E-state index in [-0.39, 0.29) is 4.90 Å². The van der Waals surface area contributed by atoms with Crippen LogP contribution in [0.3, 0.4) is 0 Å². The van der Waals surface area contributed by atoms with Crippen LogP contribution in [0.15, 0.2) is 54.7 Å². The van der Waals surface area contributed by atoms with Gasteiger partial charge < -0.3 is 4.74 Å². The molecule has 2 aromatic carbocycles. The van der Waals surface area contributed by atoms with Crippen molar-refractivity contribution in [1.29, 1.82) is 0 Å². The van der Waals surface area contributed by atoms with E-state index in [1.54, 1.807) is 30.3 Å². The van der Waals surface area contributed by atoms with E-state index in [2.05, 4.69) is 52.5 Å². The third kappa shape index (κ3) is 4.00. The monoisotopic (exact) mass is 497 g/mol. The molecule has 0 aromatic heterocycles. The van der Waals surface area contributed by atoms with Crippen LogP contribution in [0.4, 0.5) is 5.69 Å². The van der Waals surface area contributed by atoms with E-state index < -0.39 is 10.0 Å². The summed E-state index contributed by atoms with van der Waals surface area (Å²) in [6.07, 6.45) is 0. The molecule has 0 bridgehead atoms. The van der Waals surface area contributed by atoms with Gasteiger partial charge in [0.25, 0.3) is 10.0 Å². The molecule has 0 radical (unpaired) electrons. The maximum Gasteiger partial charge on any atom is 0.263 e. The molecule has 0 atom stereocenters. The highest BCUT2D eigenvalue weighted by Crippen LogP contribution is 2.31. The molecule has 0 aliphatic heterocycles. The summed E-state index contributed by atoms with van der Waals surface area (Å²) in [7, 11) is -2.18. The van der Waals surface area contributed by atoms with Crippen LogP contribution in [0, 0.1) is 0 Å². The molecule has 0 amide bonds. The van der Waals surface area contributed by atoms with Crippen LogP contribution in [-0.4, -0.2) is 15.5 Å². The number of hydrogen-bond acceptors (Lipinski definition) is 3. The van der Waals surface area contributed by atoms with Gasteiger partial charge in [-0.2, -0.15) is 0 Å². The first-order chi connectivity index (χ1) is 9.83. The highest BCUT2D eigenvalue weighted by atomic mass is 79.9. The van der Waals surface area contributed by atoms with Crippen molar-refractivity contribution < 1.29 is 13.2 Å². The lowest BCUT2D eigenvalue weighted by Gasteiger charge is -2.11. The molecular formula is C13H10Br3NO3S. The zero-order valence-electron chi connectivity index (χ0n) is 10.7. The van der Waals surface area contributed by atoms with Crippen LogP contribution in [0.1, 0.15) is 0 Å². The van der Waals surface area contributed by atoms with Crippen molar-refractivity contribution in [3.05, 3.63) is 49.8 Å². The number of rotatable bonds is 4. The third-order valence-corrected chi connectivity index (χ3v) is 6.11. The van der Waals surface area contributed by atoms with Gasteiger partial charge in [-0.1, -0.05) is 15.9 Å². The standard InChI is InChI=1S/C13H10Br3NO3S/c1-20-12-7-9(3-5-10(12)15)17-21(18,19)13-6-8(14)2-4-11(13)16/h2-7,17H,1H3. The summed E-state index contributed by atoms with van der Waals surface area (Å²) in [6.45, 7) is 0. The summed E-state index contributed by atoms with van der Waals surface area (Å²) < 4.78 is 34.5. The van der Waals surface area contributed by atoms with Crippen LogP contribution in [0.5, 0.6) is 5.75 Å². The second-order valence-electron chi connectivity index (χ2n) is 4.03. The quantitative estimate of drug-likeness (QED) is 0.658. The predicted molar refractivity (Wildman–Crippen MR) is 93.3 cm³/mol. The van der Waals surface area contributed by atoms with Crippen molar-refractivity contribution in [2.75, 3.05) is 11.8 Å². The first-order valence-electron chi connectivity index (χ1n) is 5.65. The Kier molecular flexibility index (Phi) is 5.34. The Morgan fingerprint density at radius 2 is 1.67 bits per heavy atom. The van der Waals surface area contributed by atoms with Crippen molar-refractivity contribution in [1.82, 2.24) is 0 Å². The van der Waals surface area contributed by atoms with E-state index in [0.29, 0.717) is 20.4 Å². The Morgan fingerprint density at radius 3 is 2.33 bits per heavy atom. The summed E-state index contributed by atoms with van der Waals surface area (Å²) in [5, 5.41) is 0. The van der Waals surface area contributed by atoms with E-state index in [4.69, 9.17) is 4.74 Å². The van der Waals surface area contributed by atoms with Crippen LogP contribution >= 0.6 is 47.8 Å². The number of sulfonamides is 1. The molecule has 0 aliphatic carbocycles. The lowest BCUT2D eigenvalue weighted by atomic mass is 10.3. The number of methoxy groups -OCH3 is 1. The van der Waals surface area contributed by atoms with E-state index in [1.165, 1.54) is 13.2 Å². The van der Waals surface area contributed by atoms with Gasteiger partial charge in [-0.3, -0.25) is 4.72 Å². The van der Waals surface area contributed by atoms with Gasteiger partial charge in [0.1, 0.15) is 10.6 Å². The fourth-order valence-electron chi connectivity index (χ4n) is 1.62. The van der Waals surface area contributed by atoms with Gasteiger partial charge in [0.2, 0.25) is 0 Å². The fraction of sp³-hybridized carbons (Fsp3) is 0.0769. The first-order valence-corrected chi connectivity index (χ1v) is 9.51. The largest absolute Gasteiger partial charge is 0.495 e. The molecular weight excluding hydrogens is 490 g/mol. The highest BCUT2D eigenvalue weighted by molar-refractivity contribution is 9.11. The molecule has 2 aromatic rings.